The first-order chi connectivity index (χ1) is 18.7. The van der Waals surface area contributed by atoms with Gasteiger partial charge in [-0.05, 0) is 67.4 Å². The Hall–Kier alpha value is -4.61. The topological polar surface area (TPSA) is 43.6 Å². The van der Waals surface area contributed by atoms with Gasteiger partial charge in [-0.3, -0.25) is 0 Å². The van der Waals surface area contributed by atoms with Gasteiger partial charge >= 0.3 is 0 Å². The van der Waals surface area contributed by atoms with E-state index in [-0.39, 0.29) is 0 Å². The van der Waals surface area contributed by atoms with E-state index in [1.54, 1.807) is 0 Å². The van der Waals surface area contributed by atoms with Gasteiger partial charge < -0.3 is 4.57 Å². The molecule has 3 aromatic heterocycles. The molecule has 7 aromatic rings. The van der Waals surface area contributed by atoms with E-state index >= 15 is 0 Å². The highest BCUT2D eigenvalue weighted by Crippen LogP contribution is 2.42. The molecule has 5 heteroatoms. The van der Waals surface area contributed by atoms with Crippen molar-refractivity contribution >= 4 is 59.0 Å². The summed E-state index contributed by atoms with van der Waals surface area (Å²) in [6, 6.07) is 28.6. The third-order valence-electron chi connectivity index (χ3n) is 7.10. The second kappa shape index (κ2) is 9.05. The molecule has 0 fully saturated rings. The van der Waals surface area contributed by atoms with E-state index < -0.39 is 0 Å². The molecule has 0 aliphatic rings. The first-order valence-corrected chi connectivity index (χ1v) is 13.5. The molecule has 0 bridgehead atoms. The largest absolute Gasteiger partial charge is 0.310 e. The standard InChI is InChI=1S/C33H24N4S/c1-3-8-24(4-2)37-29-12-6-5-11-25(29)26-17-28-27-16-22(13-14-31(27)38-32(28)18-30(26)37)21-9-7-10-23(15-21)33-35-19-34-20-36-33/h3-20H,1-2H3/b8-3-,24-4+. The molecule has 7 rings (SSSR count). The van der Waals surface area contributed by atoms with Crippen molar-refractivity contribution in [2.75, 3.05) is 0 Å². The lowest BCUT2D eigenvalue weighted by molar-refractivity contribution is 1.06. The molecule has 0 aliphatic heterocycles. The molecule has 182 valence electrons. The van der Waals surface area contributed by atoms with Crippen molar-refractivity contribution in [2.45, 2.75) is 13.8 Å². The van der Waals surface area contributed by atoms with Gasteiger partial charge in [0, 0.05) is 42.2 Å². The minimum absolute atomic E-state index is 0.682. The number of fused-ring (bicyclic) bond motifs is 6. The molecular weight excluding hydrogens is 484 g/mol. The van der Waals surface area contributed by atoms with Crippen molar-refractivity contribution in [1.82, 2.24) is 19.5 Å². The zero-order chi connectivity index (χ0) is 25.6. The fourth-order valence-electron chi connectivity index (χ4n) is 5.39. The number of allylic oxidation sites excluding steroid dienone is 4. The van der Waals surface area contributed by atoms with Gasteiger partial charge in [-0.25, -0.2) is 15.0 Å². The summed E-state index contributed by atoms with van der Waals surface area (Å²) < 4.78 is 4.97. The number of benzene rings is 4. The number of nitrogens with zero attached hydrogens (tertiary/aromatic N) is 4. The Bertz CT molecular complexity index is 2040. The molecule has 0 N–H and O–H groups in total. The van der Waals surface area contributed by atoms with Crippen LogP contribution in [0.15, 0.2) is 110 Å². The van der Waals surface area contributed by atoms with Crippen LogP contribution in [0.5, 0.6) is 0 Å². The highest BCUT2D eigenvalue weighted by Gasteiger charge is 2.16. The van der Waals surface area contributed by atoms with E-state index in [2.05, 4.69) is 124 Å². The summed E-state index contributed by atoms with van der Waals surface area (Å²) in [5, 5.41) is 5.13. The van der Waals surface area contributed by atoms with Gasteiger partial charge in [0.25, 0.3) is 0 Å². The molecule has 38 heavy (non-hydrogen) atoms. The Kier molecular flexibility index (Phi) is 5.38. The maximum absolute atomic E-state index is 4.32. The van der Waals surface area contributed by atoms with Crippen molar-refractivity contribution in [3.8, 4) is 22.5 Å². The number of aromatic nitrogens is 4. The van der Waals surface area contributed by atoms with E-state index in [9.17, 15) is 0 Å². The van der Waals surface area contributed by atoms with Crippen molar-refractivity contribution in [1.29, 1.82) is 0 Å². The van der Waals surface area contributed by atoms with Crippen LogP contribution in [-0.2, 0) is 0 Å². The van der Waals surface area contributed by atoms with Gasteiger partial charge in [0.2, 0.25) is 0 Å². The quantitative estimate of drug-likeness (QED) is 0.223. The summed E-state index contributed by atoms with van der Waals surface area (Å²) in [7, 11) is 0. The van der Waals surface area contributed by atoms with Crippen LogP contribution in [0.4, 0.5) is 0 Å². The number of para-hydroxylation sites is 1. The summed E-state index contributed by atoms with van der Waals surface area (Å²) in [6.07, 6.45) is 9.53. The molecule has 4 aromatic carbocycles. The lowest BCUT2D eigenvalue weighted by atomic mass is 10.00. The average Bonchev–Trinajstić information content (AvgIpc) is 3.49. The van der Waals surface area contributed by atoms with E-state index in [0.717, 1.165) is 11.1 Å². The third kappa shape index (κ3) is 3.55. The van der Waals surface area contributed by atoms with Crippen LogP contribution in [0.25, 0.3) is 70.2 Å². The SMILES string of the molecule is C/C=C\C(=C/C)n1c2ccccc2c2cc3c(cc21)sc1ccc(-c2cccc(-c4ncncn4)c2)cc13. The molecule has 0 amide bonds. The maximum atomic E-state index is 4.32. The van der Waals surface area contributed by atoms with Gasteiger partial charge in [0.05, 0.1) is 11.0 Å². The Morgan fingerprint density at radius 3 is 2.32 bits per heavy atom. The van der Waals surface area contributed by atoms with Crippen LogP contribution >= 0.6 is 11.3 Å². The Labute approximate surface area is 224 Å². The molecule has 0 radical (unpaired) electrons. The zero-order valence-electron chi connectivity index (χ0n) is 21.1. The molecule has 0 spiro atoms. The van der Waals surface area contributed by atoms with Crippen molar-refractivity contribution in [3.63, 3.8) is 0 Å². The highest BCUT2D eigenvalue weighted by molar-refractivity contribution is 7.25. The summed E-state index contributed by atoms with van der Waals surface area (Å²) >= 11 is 1.85. The van der Waals surface area contributed by atoms with Gasteiger partial charge in [-0.2, -0.15) is 0 Å². The minimum atomic E-state index is 0.682. The predicted octanol–water partition coefficient (Wildman–Crippen LogP) is 9.12. The smallest absolute Gasteiger partial charge is 0.162 e. The summed E-state index contributed by atoms with van der Waals surface area (Å²) in [4.78, 5) is 12.6. The van der Waals surface area contributed by atoms with E-state index in [1.165, 1.54) is 65.9 Å². The average molecular weight is 509 g/mol. The molecule has 0 atom stereocenters. The van der Waals surface area contributed by atoms with Crippen LogP contribution in [0.1, 0.15) is 13.8 Å². The lowest BCUT2D eigenvalue weighted by Gasteiger charge is -2.08. The van der Waals surface area contributed by atoms with Crippen molar-refractivity contribution < 1.29 is 0 Å². The fraction of sp³-hybridized carbons (Fsp3) is 0.0606. The summed E-state index contributed by atoms with van der Waals surface area (Å²) in [6.45, 7) is 4.17. The van der Waals surface area contributed by atoms with E-state index in [4.69, 9.17) is 0 Å². The monoisotopic (exact) mass is 508 g/mol. The Balaban J connectivity index is 1.45. The van der Waals surface area contributed by atoms with Gasteiger partial charge in [-0.15, -0.1) is 11.3 Å². The predicted molar refractivity (Wildman–Crippen MR) is 161 cm³/mol. The molecule has 4 nitrogen and oxygen atoms in total. The highest BCUT2D eigenvalue weighted by atomic mass is 32.1. The molecule has 3 heterocycles. The second-order valence-corrected chi connectivity index (χ2v) is 10.4. The first kappa shape index (κ1) is 22.6. The number of hydrogen-bond donors (Lipinski definition) is 0. The number of thiophene rings is 1. The van der Waals surface area contributed by atoms with Crippen LogP contribution in [0.3, 0.4) is 0 Å². The van der Waals surface area contributed by atoms with E-state index in [1.807, 2.05) is 17.4 Å². The fourth-order valence-corrected chi connectivity index (χ4v) is 6.49. The molecule has 0 unspecified atom stereocenters. The Morgan fingerprint density at radius 2 is 1.47 bits per heavy atom. The third-order valence-corrected chi connectivity index (χ3v) is 8.24. The van der Waals surface area contributed by atoms with Crippen LogP contribution in [-0.4, -0.2) is 19.5 Å². The van der Waals surface area contributed by atoms with Crippen LogP contribution in [0.2, 0.25) is 0 Å². The molecule has 0 aliphatic carbocycles. The van der Waals surface area contributed by atoms with Crippen LogP contribution in [0, 0.1) is 0 Å². The summed E-state index contributed by atoms with van der Waals surface area (Å²) in [5.74, 6) is 0.682. The van der Waals surface area contributed by atoms with Gasteiger partial charge in [0.1, 0.15) is 12.7 Å². The first-order valence-electron chi connectivity index (χ1n) is 12.7. The number of rotatable bonds is 4. The van der Waals surface area contributed by atoms with E-state index in [0.29, 0.717) is 5.82 Å². The lowest BCUT2D eigenvalue weighted by Crippen LogP contribution is -1.93. The number of hydrogen-bond acceptors (Lipinski definition) is 4. The maximum Gasteiger partial charge on any atom is 0.162 e. The Morgan fingerprint density at radius 1 is 0.684 bits per heavy atom. The molecule has 0 saturated heterocycles. The molecule has 0 saturated carbocycles. The van der Waals surface area contributed by atoms with Crippen molar-refractivity contribution in [2.24, 2.45) is 0 Å². The second-order valence-electron chi connectivity index (χ2n) is 9.29. The van der Waals surface area contributed by atoms with Gasteiger partial charge in [-0.1, -0.05) is 54.6 Å². The molecular formula is C33H24N4S. The van der Waals surface area contributed by atoms with Crippen molar-refractivity contribution in [3.05, 3.63) is 110 Å². The normalized spacial score (nSPS) is 12.5. The summed E-state index contributed by atoms with van der Waals surface area (Å²) in [5.41, 5.74) is 6.95. The van der Waals surface area contributed by atoms with Gasteiger partial charge in [0.15, 0.2) is 5.82 Å². The minimum Gasteiger partial charge on any atom is -0.310 e. The van der Waals surface area contributed by atoms with Crippen LogP contribution < -0.4 is 0 Å². The zero-order valence-corrected chi connectivity index (χ0v) is 21.9.